The van der Waals surface area contributed by atoms with Gasteiger partial charge in [0.15, 0.2) is 11.5 Å². The third-order valence-electron chi connectivity index (χ3n) is 4.92. The van der Waals surface area contributed by atoms with Crippen molar-refractivity contribution in [3.8, 4) is 11.5 Å². The number of rotatable bonds is 8. The number of hydrogen-bond donors (Lipinski definition) is 1. The van der Waals surface area contributed by atoms with E-state index in [0.717, 1.165) is 37.9 Å². The highest BCUT2D eigenvalue weighted by molar-refractivity contribution is 5.78. The second kappa shape index (κ2) is 9.36. The fourth-order valence-corrected chi connectivity index (χ4v) is 3.39. The Balaban J connectivity index is 1.38. The summed E-state index contributed by atoms with van der Waals surface area (Å²) in [5.74, 6) is 1.48. The Morgan fingerprint density at radius 2 is 2.00 bits per heavy atom. The highest BCUT2D eigenvalue weighted by Gasteiger charge is 2.22. The maximum atomic E-state index is 12.2. The maximum Gasteiger partial charge on any atom is 0.234 e. The molecular weight excluding hydrogens is 346 g/mol. The number of hydrogen-bond acceptors (Lipinski definition) is 6. The molecule has 1 aliphatic rings. The number of aromatic nitrogens is 3. The lowest BCUT2D eigenvalue weighted by Crippen LogP contribution is -2.42. The fraction of sp³-hybridized carbons (Fsp3) is 0.526. The summed E-state index contributed by atoms with van der Waals surface area (Å²) in [6, 6.07) is 6.20. The summed E-state index contributed by atoms with van der Waals surface area (Å²) in [6.07, 6.45) is 6.06. The van der Waals surface area contributed by atoms with Gasteiger partial charge in [0, 0.05) is 19.6 Å². The van der Waals surface area contributed by atoms with Gasteiger partial charge in [-0.15, -0.1) is 0 Å². The van der Waals surface area contributed by atoms with E-state index in [4.69, 9.17) is 9.47 Å². The van der Waals surface area contributed by atoms with Crippen molar-refractivity contribution in [2.24, 2.45) is 0 Å². The zero-order valence-corrected chi connectivity index (χ0v) is 15.9. The molecule has 0 aliphatic carbocycles. The minimum Gasteiger partial charge on any atom is -0.493 e. The first-order valence-electron chi connectivity index (χ1n) is 9.23. The lowest BCUT2D eigenvalue weighted by atomic mass is 10.1. The SMILES string of the molecule is COc1ccc(CCNC(=O)CN2CCC(n3cncn3)CC2)cc1OC. The van der Waals surface area contributed by atoms with Crippen LogP contribution in [0.3, 0.4) is 0 Å². The summed E-state index contributed by atoms with van der Waals surface area (Å²) in [7, 11) is 3.24. The van der Waals surface area contributed by atoms with Gasteiger partial charge in [-0.05, 0) is 37.0 Å². The molecule has 1 N–H and O–H groups in total. The van der Waals surface area contributed by atoms with Gasteiger partial charge in [0.25, 0.3) is 0 Å². The predicted octanol–water partition coefficient (Wildman–Crippen LogP) is 1.29. The Labute approximate surface area is 159 Å². The molecule has 0 radical (unpaired) electrons. The number of carbonyl (C=O) groups is 1. The van der Waals surface area contributed by atoms with Crippen LogP contribution < -0.4 is 14.8 Å². The molecule has 8 nitrogen and oxygen atoms in total. The van der Waals surface area contributed by atoms with Crippen LogP contribution in [0.2, 0.25) is 0 Å². The van der Waals surface area contributed by atoms with E-state index < -0.39 is 0 Å². The van der Waals surface area contributed by atoms with Gasteiger partial charge in [0.2, 0.25) is 5.91 Å². The van der Waals surface area contributed by atoms with Crippen molar-refractivity contribution in [1.29, 1.82) is 0 Å². The molecule has 1 saturated heterocycles. The molecule has 0 unspecified atom stereocenters. The molecular formula is C19H27N5O3. The molecule has 0 spiro atoms. The number of benzene rings is 1. The molecule has 0 bridgehead atoms. The average Bonchev–Trinajstić information content (AvgIpc) is 3.23. The summed E-state index contributed by atoms with van der Waals surface area (Å²) >= 11 is 0. The molecule has 27 heavy (non-hydrogen) atoms. The van der Waals surface area contributed by atoms with Gasteiger partial charge < -0.3 is 14.8 Å². The number of piperidine rings is 1. The van der Waals surface area contributed by atoms with Crippen molar-refractivity contribution in [2.75, 3.05) is 40.4 Å². The number of nitrogens with one attached hydrogen (secondary N) is 1. The lowest BCUT2D eigenvalue weighted by molar-refractivity contribution is -0.122. The van der Waals surface area contributed by atoms with E-state index in [0.29, 0.717) is 30.6 Å². The number of ether oxygens (including phenoxy) is 2. The van der Waals surface area contributed by atoms with Crippen molar-refractivity contribution >= 4 is 5.91 Å². The fourth-order valence-electron chi connectivity index (χ4n) is 3.39. The van der Waals surface area contributed by atoms with Gasteiger partial charge in [-0.25, -0.2) is 9.67 Å². The Morgan fingerprint density at radius 3 is 2.67 bits per heavy atom. The first-order valence-corrected chi connectivity index (χ1v) is 9.23. The Bertz CT molecular complexity index is 727. The standard InChI is InChI=1S/C19H27N5O3/c1-26-17-4-3-15(11-18(17)27-2)5-8-21-19(25)12-23-9-6-16(7-10-23)24-14-20-13-22-24/h3-4,11,13-14,16H,5-10,12H2,1-2H3,(H,21,25). The van der Waals surface area contributed by atoms with Crippen LogP contribution in [0.1, 0.15) is 24.4 Å². The van der Waals surface area contributed by atoms with E-state index in [-0.39, 0.29) is 5.91 Å². The smallest absolute Gasteiger partial charge is 0.234 e. The molecule has 146 valence electrons. The van der Waals surface area contributed by atoms with Crippen molar-refractivity contribution in [2.45, 2.75) is 25.3 Å². The van der Waals surface area contributed by atoms with Crippen LogP contribution in [-0.2, 0) is 11.2 Å². The van der Waals surface area contributed by atoms with Crippen LogP contribution in [0.5, 0.6) is 11.5 Å². The number of carbonyl (C=O) groups excluding carboxylic acids is 1. The molecule has 8 heteroatoms. The van der Waals surface area contributed by atoms with Gasteiger partial charge in [-0.3, -0.25) is 9.69 Å². The van der Waals surface area contributed by atoms with Crippen LogP contribution in [0.25, 0.3) is 0 Å². The average molecular weight is 373 g/mol. The molecule has 2 aromatic rings. The Hall–Kier alpha value is -2.61. The summed E-state index contributed by atoms with van der Waals surface area (Å²) in [5, 5.41) is 7.21. The van der Waals surface area contributed by atoms with E-state index in [2.05, 4.69) is 20.3 Å². The van der Waals surface area contributed by atoms with Crippen molar-refractivity contribution in [3.05, 3.63) is 36.4 Å². The normalized spacial score (nSPS) is 15.5. The predicted molar refractivity (Wildman–Crippen MR) is 101 cm³/mol. The number of amides is 1. The van der Waals surface area contributed by atoms with Crippen molar-refractivity contribution < 1.29 is 14.3 Å². The van der Waals surface area contributed by atoms with Crippen LogP contribution in [0, 0.1) is 0 Å². The minimum absolute atomic E-state index is 0.0645. The van der Waals surface area contributed by atoms with E-state index in [1.165, 1.54) is 0 Å². The summed E-state index contributed by atoms with van der Waals surface area (Å²) in [5.41, 5.74) is 1.10. The number of likely N-dealkylation sites (tertiary alicyclic amines) is 1. The summed E-state index contributed by atoms with van der Waals surface area (Å²) in [4.78, 5) is 18.4. The molecule has 0 saturated carbocycles. The van der Waals surface area contributed by atoms with E-state index in [1.807, 2.05) is 22.9 Å². The second-order valence-corrected chi connectivity index (χ2v) is 6.67. The summed E-state index contributed by atoms with van der Waals surface area (Å²) < 4.78 is 12.5. The Kier molecular flexibility index (Phi) is 6.64. The lowest BCUT2D eigenvalue weighted by Gasteiger charge is -2.31. The highest BCUT2D eigenvalue weighted by Crippen LogP contribution is 2.27. The van der Waals surface area contributed by atoms with Crippen molar-refractivity contribution in [1.82, 2.24) is 25.0 Å². The third-order valence-corrected chi connectivity index (χ3v) is 4.92. The molecule has 1 aromatic carbocycles. The van der Waals surface area contributed by atoms with E-state index in [9.17, 15) is 4.79 Å². The van der Waals surface area contributed by atoms with Crippen LogP contribution >= 0.6 is 0 Å². The highest BCUT2D eigenvalue weighted by atomic mass is 16.5. The topological polar surface area (TPSA) is 81.5 Å². The van der Waals surface area contributed by atoms with Gasteiger partial charge in [0.1, 0.15) is 12.7 Å². The van der Waals surface area contributed by atoms with Gasteiger partial charge >= 0.3 is 0 Å². The molecule has 0 atom stereocenters. The largest absolute Gasteiger partial charge is 0.493 e. The van der Waals surface area contributed by atoms with Crippen LogP contribution in [0.4, 0.5) is 0 Å². The van der Waals surface area contributed by atoms with Crippen molar-refractivity contribution in [3.63, 3.8) is 0 Å². The first kappa shape index (κ1) is 19.2. The second-order valence-electron chi connectivity index (χ2n) is 6.67. The van der Waals surface area contributed by atoms with E-state index >= 15 is 0 Å². The van der Waals surface area contributed by atoms with E-state index in [1.54, 1.807) is 26.9 Å². The molecule has 1 aliphatic heterocycles. The monoisotopic (exact) mass is 373 g/mol. The quantitative estimate of drug-likeness (QED) is 0.751. The first-order chi connectivity index (χ1) is 13.2. The Morgan fingerprint density at radius 1 is 1.22 bits per heavy atom. The molecule has 1 fully saturated rings. The molecule has 2 heterocycles. The maximum absolute atomic E-state index is 12.2. The number of methoxy groups -OCH3 is 2. The van der Waals surface area contributed by atoms with Gasteiger partial charge in [-0.2, -0.15) is 5.10 Å². The zero-order chi connectivity index (χ0) is 19.1. The van der Waals surface area contributed by atoms with Gasteiger partial charge in [-0.1, -0.05) is 6.07 Å². The van der Waals surface area contributed by atoms with Crippen LogP contribution in [-0.4, -0.2) is 66.0 Å². The van der Waals surface area contributed by atoms with Gasteiger partial charge in [0.05, 0.1) is 26.8 Å². The summed E-state index contributed by atoms with van der Waals surface area (Å²) in [6.45, 7) is 2.83. The molecule has 1 aromatic heterocycles. The van der Waals surface area contributed by atoms with Crippen LogP contribution in [0.15, 0.2) is 30.9 Å². The minimum atomic E-state index is 0.0645. The third kappa shape index (κ3) is 5.19. The molecule has 1 amide bonds. The number of nitrogens with zero attached hydrogens (tertiary/aromatic N) is 4. The zero-order valence-electron chi connectivity index (χ0n) is 15.9. The molecule has 3 rings (SSSR count).